The molecule has 0 bridgehead atoms. The summed E-state index contributed by atoms with van der Waals surface area (Å²) in [4.78, 5) is 1.09. The van der Waals surface area contributed by atoms with E-state index in [2.05, 4.69) is 30.3 Å². The largest absolute Gasteiger partial charge is 0.377 e. The average Bonchev–Trinajstić information content (AvgIpc) is 1.65. The molecule has 0 heterocycles. The van der Waals surface area contributed by atoms with Gasteiger partial charge < -0.3 is 11.5 Å². The molecule has 0 aliphatic heterocycles. The van der Waals surface area contributed by atoms with Gasteiger partial charge in [0.2, 0.25) is 0 Å². The zero-order valence-electron chi connectivity index (χ0n) is 4.46. The summed E-state index contributed by atoms with van der Waals surface area (Å²) in [6, 6.07) is 0. The van der Waals surface area contributed by atoms with Crippen molar-refractivity contribution in [3.8, 4) is 0 Å². The first-order valence-electron chi connectivity index (χ1n) is 1.89. The Labute approximate surface area is 66.2 Å². The van der Waals surface area contributed by atoms with E-state index in [1.807, 2.05) is 25.9 Å². The fourth-order valence-electron chi connectivity index (χ4n) is 0. The van der Waals surface area contributed by atoms with Gasteiger partial charge in [0, 0.05) is 0 Å². The number of thiocarbonyl (C=S) groups is 1. The summed E-state index contributed by atoms with van der Waals surface area (Å²) in [6.07, 6.45) is 1.88. The minimum Gasteiger partial charge on any atom is -0.377 e. The molecular weight excluding hydrogens is 204 g/mol. The molecule has 0 radical (unpaired) electrons. The molecule has 2 nitrogen and oxygen atoms in total. The Bertz CT molecular complexity index is 70.4. The molecule has 47 valence electrons. The van der Waals surface area contributed by atoms with Crippen molar-refractivity contribution in [3.63, 3.8) is 0 Å². The van der Waals surface area contributed by atoms with Crippen LogP contribution in [0.4, 0.5) is 0 Å². The van der Waals surface area contributed by atoms with Gasteiger partial charge in [0.25, 0.3) is 0 Å². The van der Waals surface area contributed by atoms with Gasteiger partial charge in [0.05, 0.1) is 0 Å². The smallest absolute Gasteiger partial charge is 0.160 e. The zero-order valence-corrected chi connectivity index (χ0v) is 7.29. The average molecular weight is 213 g/mol. The predicted octanol–water partition coefficient (Wildman–Crippen LogP) is 0.326. The van der Waals surface area contributed by atoms with Crippen LogP contribution in [-0.4, -0.2) is 5.11 Å². The number of allylic oxidation sites excluding steroid dienone is 1. The minimum absolute atomic E-state index is 0.000000000000000222. The second kappa shape index (κ2) is 10.2. The molecule has 0 fully saturated rings. The Hall–Kier alpha value is 0.118. The van der Waals surface area contributed by atoms with Crippen molar-refractivity contribution >= 4 is 17.3 Å². The Morgan fingerprint density at radius 3 is 1.88 bits per heavy atom. The molecule has 0 aromatic rings. The molecule has 4 heteroatoms. The van der Waals surface area contributed by atoms with E-state index in [4.69, 9.17) is 0 Å². The third kappa shape index (κ3) is 128. The third-order valence-electron chi connectivity index (χ3n) is 0.118. The Morgan fingerprint density at radius 2 is 1.88 bits per heavy atom. The van der Waals surface area contributed by atoms with Crippen molar-refractivity contribution in [2.75, 3.05) is 0 Å². The predicted molar refractivity (Wildman–Crippen MR) is 36.0 cm³/mol. The summed E-state index contributed by atoms with van der Waals surface area (Å²) < 4.78 is 0. The van der Waals surface area contributed by atoms with E-state index in [0.717, 1.165) is 4.81 Å². The molecule has 0 rings (SSSR count). The fraction of sp³-hybridized carbons (Fsp3) is 0.250. The van der Waals surface area contributed by atoms with Crippen LogP contribution >= 0.6 is 12.2 Å². The quantitative estimate of drug-likeness (QED) is 0.375. The minimum atomic E-state index is 0.000000000000000222. The van der Waals surface area contributed by atoms with Gasteiger partial charge >= 0.3 is 37.3 Å². The standard InChI is InChI=1S/C3H5.CH4N2S.Mo/c1-3-2;2-1(3)4;/h3H,1-2H2;(H4,2,3,4);. The van der Waals surface area contributed by atoms with Crippen molar-refractivity contribution in [2.24, 2.45) is 11.5 Å². The maximum Gasteiger partial charge on any atom is 0.160 e. The summed E-state index contributed by atoms with van der Waals surface area (Å²) in [5, 5.41) is 0.000000000000000222. The van der Waals surface area contributed by atoms with Crippen LogP contribution in [0.1, 0.15) is 0 Å². The molecule has 0 amide bonds. The van der Waals surface area contributed by atoms with Crippen molar-refractivity contribution in [3.05, 3.63) is 12.7 Å². The first kappa shape index (κ1) is 11.0. The second-order valence-electron chi connectivity index (χ2n) is 0.858. The van der Waals surface area contributed by atoms with Crippen molar-refractivity contribution < 1.29 is 19.8 Å². The number of rotatable bonds is 1. The molecule has 8 heavy (non-hydrogen) atoms. The molecule has 4 N–H and O–H groups in total. The van der Waals surface area contributed by atoms with E-state index in [9.17, 15) is 0 Å². The molecule has 0 aromatic carbocycles. The van der Waals surface area contributed by atoms with Gasteiger partial charge in [-0.2, -0.15) is 0 Å². The molecule has 0 aliphatic carbocycles. The third-order valence-corrected chi connectivity index (χ3v) is 0.697. The number of nitrogens with two attached hydrogens (primary N) is 2. The van der Waals surface area contributed by atoms with Crippen LogP contribution in [0.25, 0.3) is 0 Å². The van der Waals surface area contributed by atoms with Crippen LogP contribution in [0.5, 0.6) is 0 Å². The Balaban J connectivity index is 0. The van der Waals surface area contributed by atoms with E-state index >= 15 is 0 Å². The Kier molecular flexibility index (Phi) is 14.0. The molecule has 0 spiro atoms. The van der Waals surface area contributed by atoms with Crippen LogP contribution in [0, 0.1) is 0 Å². The number of hydrogen-bond acceptors (Lipinski definition) is 1. The van der Waals surface area contributed by atoms with Gasteiger partial charge in [-0.25, -0.2) is 0 Å². The molecule has 0 unspecified atom stereocenters. The van der Waals surface area contributed by atoms with E-state index in [0.29, 0.717) is 0 Å². The van der Waals surface area contributed by atoms with Gasteiger partial charge in [0.15, 0.2) is 5.11 Å². The second-order valence-corrected chi connectivity index (χ2v) is 2.15. The van der Waals surface area contributed by atoms with Crippen LogP contribution in [0.3, 0.4) is 0 Å². The topological polar surface area (TPSA) is 52.0 Å². The monoisotopic (exact) mass is 215 g/mol. The van der Waals surface area contributed by atoms with Gasteiger partial charge in [0.1, 0.15) is 0 Å². The van der Waals surface area contributed by atoms with Crippen LogP contribution in [0.2, 0.25) is 4.81 Å². The summed E-state index contributed by atoms with van der Waals surface area (Å²) in [6.45, 7) is 3.48. The van der Waals surface area contributed by atoms with E-state index in [-0.39, 0.29) is 5.11 Å². The molecule has 0 atom stereocenters. The summed E-state index contributed by atoms with van der Waals surface area (Å²) in [5.74, 6) is 0. The fourth-order valence-corrected chi connectivity index (χ4v) is 0. The van der Waals surface area contributed by atoms with Crippen LogP contribution in [0.15, 0.2) is 12.7 Å². The van der Waals surface area contributed by atoms with Crippen LogP contribution < -0.4 is 11.5 Å². The number of hydrogen-bond donors (Lipinski definition) is 2. The van der Waals surface area contributed by atoms with Crippen molar-refractivity contribution in [2.45, 2.75) is 4.81 Å². The summed E-state index contributed by atoms with van der Waals surface area (Å²) >= 11 is 6.10. The molecule has 0 aliphatic rings. The first-order valence-corrected chi connectivity index (χ1v) is 3.71. The van der Waals surface area contributed by atoms with Gasteiger partial charge in [-0.3, -0.25) is 0 Å². The molecular formula is C4H9MoN2S. The maximum absolute atomic E-state index is 4.62. The van der Waals surface area contributed by atoms with E-state index in [1.54, 1.807) is 0 Å². The molecule has 0 aromatic heterocycles. The molecule has 0 saturated carbocycles. The van der Waals surface area contributed by atoms with Crippen molar-refractivity contribution in [1.29, 1.82) is 0 Å². The van der Waals surface area contributed by atoms with E-state index < -0.39 is 0 Å². The van der Waals surface area contributed by atoms with Crippen LogP contribution in [-0.2, 0) is 19.8 Å². The summed E-state index contributed by atoms with van der Waals surface area (Å²) in [5.41, 5.74) is 9.24. The van der Waals surface area contributed by atoms with E-state index in [1.165, 1.54) is 0 Å². The molecule has 0 saturated heterocycles. The first-order chi connectivity index (χ1) is 3.65. The van der Waals surface area contributed by atoms with Gasteiger partial charge in [-0.1, -0.05) is 0 Å². The van der Waals surface area contributed by atoms with Gasteiger partial charge in [-0.05, 0) is 12.2 Å². The summed E-state index contributed by atoms with van der Waals surface area (Å²) in [7, 11) is 0. The van der Waals surface area contributed by atoms with Gasteiger partial charge in [-0.15, -0.1) is 0 Å². The SMILES string of the molecule is C=C[CH2][Mo].NC(N)=S. The maximum atomic E-state index is 4.62. The normalized spacial score (nSPS) is 6.00. The van der Waals surface area contributed by atoms with Crippen molar-refractivity contribution in [1.82, 2.24) is 0 Å². The zero-order chi connectivity index (χ0) is 6.99. The Morgan fingerprint density at radius 1 is 1.75 bits per heavy atom.